The Morgan fingerprint density at radius 1 is 1.06 bits per heavy atom. The molecule has 1 amide bonds. The van der Waals surface area contributed by atoms with Gasteiger partial charge in [-0.05, 0) is 32.2 Å². The largest absolute Gasteiger partial charge is 0.396 e. The van der Waals surface area contributed by atoms with Crippen LogP contribution >= 0.6 is 0 Å². The minimum absolute atomic E-state index is 0.301. The second kappa shape index (κ2) is 9.42. The quantitative estimate of drug-likeness (QED) is 0.596. The minimum Gasteiger partial charge on any atom is -0.396 e. The molecule has 0 aromatic rings. The van der Waals surface area contributed by atoms with Crippen molar-refractivity contribution in [3.8, 4) is 0 Å². The van der Waals surface area contributed by atoms with Gasteiger partial charge in [0.05, 0.1) is 0 Å². The van der Waals surface area contributed by atoms with E-state index >= 15 is 0 Å². The SMILES string of the molecule is O=C(CCNCCCCCCO)N1CCCC1. The Labute approximate surface area is 104 Å². The Hall–Kier alpha value is -0.610. The Morgan fingerprint density at radius 2 is 1.76 bits per heavy atom. The number of carbonyl (C=O) groups is 1. The topological polar surface area (TPSA) is 52.6 Å². The van der Waals surface area contributed by atoms with E-state index in [2.05, 4.69) is 5.32 Å². The van der Waals surface area contributed by atoms with Crippen LogP contribution in [-0.2, 0) is 4.79 Å². The lowest BCUT2D eigenvalue weighted by Crippen LogP contribution is -2.30. The summed E-state index contributed by atoms with van der Waals surface area (Å²) < 4.78 is 0. The summed E-state index contributed by atoms with van der Waals surface area (Å²) in [6.45, 7) is 4.01. The summed E-state index contributed by atoms with van der Waals surface area (Å²) in [5.74, 6) is 0.301. The monoisotopic (exact) mass is 242 g/mol. The van der Waals surface area contributed by atoms with Crippen molar-refractivity contribution in [1.82, 2.24) is 10.2 Å². The van der Waals surface area contributed by atoms with Crippen molar-refractivity contribution < 1.29 is 9.90 Å². The van der Waals surface area contributed by atoms with E-state index in [4.69, 9.17) is 5.11 Å². The van der Waals surface area contributed by atoms with Gasteiger partial charge in [-0.2, -0.15) is 0 Å². The van der Waals surface area contributed by atoms with Crippen molar-refractivity contribution in [2.24, 2.45) is 0 Å². The molecule has 100 valence electrons. The second-order valence-corrected chi connectivity index (χ2v) is 4.73. The van der Waals surface area contributed by atoms with Gasteiger partial charge in [0, 0.05) is 32.7 Å². The Bertz CT molecular complexity index is 204. The molecule has 0 unspecified atom stereocenters. The molecule has 0 saturated carbocycles. The lowest BCUT2D eigenvalue weighted by molar-refractivity contribution is -0.130. The molecule has 2 N–H and O–H groups in total. The Balaban J connectivity index is 1.85. The van der Waals surface area contributed by atoms with Crippen LogP contribution in [-0.4, -0.2) is 48.7 Å². The van der Waals surface area contributed by atoms with Gasteiger partial charge in [0.25, 0.3) is 0 Å². The first kappa shape index (κ1) is 14.5. The van der Waals surface area contributed by atoms with Gasteiger partial charge in [-0.15, -0.1) is 0 Å². The molecule has 1 fully saturated rings. The van der Waals surface area contributed by atoms with Crippen LogP contribution < -0.4 is 5.32 Å². The van der Waals surface area contributed by atoms with Crippen molar-refractivity contribution in [2.45, 2.75) is 44.9 Å². The highest BCUT2D eigenvalue weighted by Crippen LogP contribution is 2.08. The summed E-state index contributed by atoms with van der Waals surface area (Å²) in [6.07, 6.45) is 7.29. The van der Waals surface area contributed by atoms with Crippen LogP contribution in [0.15, 0.2) is 0 Å². The van der Waals surface area contributed by atoms with Gasteiger partial charge in [0.2, 0.25) is 5.91 Å². The predicted octanol–water partition coefficient (Wildman–Crippen LogP) is 1.14. The summed E-state index contributed by atoms with van der Waals surface area (Å²) >= 11 is 0. The number of likely N-dealkylation sites (tertiary alicyclic amines) is 1. The average Bonchev–Trinajstić information content (AvgIpc) is 2.86. The summed E-state index contributed by atoms with van der Waals surface area (Å²) in [5, 5.41) is 11.9. The third-order valence-corrected chi connectivity index (χ3v) is 3.24. The lowest BCUT2D eigenvalue weighted by Gasteiger charge is -2.15. The van der Waals surface area contributed by atoms with Gasteiger partial charge in [-0.25, -0.2) is 0 Å². The molecule has 1 rings (SSSR count). The highest BCUT2D eigenvalue weighted by atomic mass is 16.2. The maximum absolute atomic E-state index is 11.7. The first-order chi connectivity index (χ1) is 8.34. The van der Waals surface area contributed by atoms with E-state index in [-0.39, 0.29) is 0 Å². The normalized spacial score (nSPS) is 15.5. The molecule has 1 heterocycles. The average molecular weight is 242 g/mol. The van der Waals surface area contributed by atoms with E-state index in [1.54, 1.807) is 0 Å². The maximum atomic E-state index is 11.7. The van der Waals surface area contributed by atoms with Crippen LogP contribution in [0.4, 0.5) is 0 Å². The van der Waals surface area contributed by atoms with E-state index in [0.717, 1.165) is 51.9 Å². The molecule has 1 aliphatic rings. The van der Waals surface area contributed by atoms with Crippen molar-refractivity contribution in [3.63, 3.8) is 0 Å². The maximum Gasteiger partial charge on any atom is 0.223 e. The number of hydrogen-bond acceptors (Lipinski definition) is 3. The highest BCUT2D eigenvalue weighted by Gasteiger charge is 2.16. The highest BCUT2D eigenvalue weighted by molar-refractivity contribution is 5.76. The molecule has 0 aromatic heterocycles. The molecule has 0 spiro atoms. The number of nitrogens with one attached hydrogen (secondary N) is 1. The van der Waals surface area contributed by atoms with Gasteiger partial charge >= 0.3 is 0 Å². The predicted molar refractivity (Wildman–Crippen MR) is 68.9 cm³/mol. The van der Waals surface area contributed by atoms with Crippen molar-refractivity contribution in [3.05, 3.63) is 0 Å². The minimum atomic E-state index is 0.301. The van der Waals surface area contributed by atoms with Crippen LogP contribution in [0.2, 0.25) is 0 Å². The van der Waals surface area contributed by atoms with Crippen molar-refractivity contribution in [1.29, 1.82) is 0 Å². The molecule has 1 aliphatic heterocycles. The Morgan fingerprint density at radius 3 is 2.47 bits per heavy atom. The van der Waals surface area contributed by atoms with E-state index in [1.807, 2.05) is 4.90 Å². The first-order valence-corrected chi connectivity index (χ1v) is 6.94. The number of carbonyl (C=O) groups excluding carboxylic acids is 1. The number of rotatable bonds is 9. The fraction of sp³-hybridized carbons (Fsp3) is 0.923. The zero-order valence-electron chi connectivity index (χ0n) is 10.8. The van der Waals surface area contributed by atoms with Crippen LogP contribution in [0.25, 0.3) is 0 Å². The summed E-state index contributed by atoms with van der Waals surface area (Å²) in [5.41, 5.74) is 0. The number of aliphatic hydroxyl groups excluding tert-OH is 1. The number of aliphatic hydroxyl groups is 1. The molecular weight excluding hydrogens is 216 g/mol. The fourth-order valence-corrected chi connectivity index (χ4v) is 2.16. The third kappa shape index (κ3) is 6.64. The van der Waals surface area contributed by atoms with Crippen LogP contribution in [0.3, 0.4) is 0 Å². The molecule has 0 radical (unpaired) electrons. The van der Waals surface area contributed by atoms with Gasteiger partial charge < -0.3 is 15.3 Å². The van der Waals surface area contributed by atoms with Crippen LogP contribution in [0, 0.1) is 0 Å². The zero-order valence-corrected chi connectivity index (χ0v) is 10.8. The smallest absolute Gasteiger partial charge is 0.223 e. The van der Waals surface area contributed by atoms with E-state index in [0.29, 0.717) is 18.9 Å². The summed E-state index contributed by atoms with van der Waals surface area (Å²) in [7, 11) is 0. The third-order valence-electron chi connectivity index (χ3n) is 3.24. The van der Waals surface area contributed by atoms with E-state index in [9.17, 15) is 4.79 Å². The molecule has 0 bridgehead atoms. The van der Waals surface area contributed by atoms with Gasteiger partial charge in [0.1, 0.15) is 0 Å². The second-order valence-electron chi connectivity index (χ2n) is 4.73. The number of unbranched alkanes of at least 4 members (excludes halogenated alkanes) is 3. The fourth-order valence-electron chi connectivity index (χ4n) is 2.16. The molecule has 0 aromatic carbocycles. The van der Waals surface area contributed by atoms with E-state index < -0.39 is 0 Å². The Kier molecular flexibility index (Phi) is 8.01. The standard InChI is InChI=1S/C13H26N2O2/c16-12-6-2-1-3-8-14-9-7-13(17)15-10-4-5-11-15/h14,16H,1-12H2. The zero-order chi connectivity index (χ0) is 12.3. The first-order valence-electron chi connectivity index (χ1n) is 6.94. The van der Waals surface area contributed by atoms with Crippen LogP contribution in [0.5, 0.6) is 0 Å². The molecule has 0 atom stereocenters. The van der Waals surface area contributed by atoms with E-state index in [1.165, 1.54) is 12.8 Å². The molecule has 0 aliphatic carbocycles. The molecule has 4 heteroatoms. The van der Waals surface area contributed by atoms with Crippen LogP contribution in [0.1, 0.15) is 44.9 Å². The van der Waals surface area contributed by atoms with Crippen molar-refractivity contribution >= 4 is 5.91 Å². The number of nitrogens with zero attached hydrogens (tertiary/aromatic N) is 1. The number of hydrogen-bond donors (Lipinski definition) is 2. The van der Waals surface area contributed by atoms with Gasteiger partial charge in [-0.3, -0.25) is 4.79 Å². The van der Waals surface area contributed by atoms with Crippen molar-refractivity contribution in [2.75, 3.05) is 32.8 Å². The molecule has 4 nitrogen and oxygen atoms in total. The van der Waals surface area contributed by atoms with Gasteiger partial charge in [0.15, 0.2) is 0 Å². The van der Waals surface area contributed by atoms with Gasteiger partial charge in [-0.1, -0.05) is 12.8 Å². The lowest BCUT2D eigenvalue weighted by atomic mass is 10.2. The number of amides is 1. The molecule has 1 saturated heterocycles. The summed E-state index contributed by atoms with van der Waals surface area (Å²) in [4.78, 5) is 13.7. The molecule has 17 heavy (non-hydrogen) atoms. The molecular formula is C13H26N2O2. The summed E-state index contributed by atoms with van der Waals surface area (Å²) in [6, 6.07) is 0.